The fraction of sp³-hybridized carbons (Fsp3) is 0.296. The Balaban J connectivity index is 1.33. The number of fused-ring (bicyclic) bond motifs is 1. The lowest BCUT2D eigenvalue weighted by atomic mass is 10.0. The molecule has 2 aliphatic rings. The molecule has 1 fully saturated rings. The molecule has 6 rings (SSSR count). The predicted octanol–water partition coefficient (Wildman–Crippen LogP) is 4.49. The van der Waals surface area contributed by atoms with Crippen molar-refractivity contribution in [1.82, 2.24) is 20.2 Å². The molecule has 0 amide bonds. The van der Waals surface area contributed by atoms with Crippen LogP contribution in [-0.2, 0) is 22.1 Å². The Morgan fingerprint density at radius 3 is 2.67 bits per heavy atom. The fourth-order valence-electron chi connectivity index (χ4n) is 4.75. The number of pyridine rings is 1. The number of nitrogens with one attached hydrogen (secondary N) is 2. The van der Waals surface area contributed by atoms with E-state index in [1.54, 1.807) is 16.2 Å². The number of aromatic amines is 1. The molecule has 5 heterocycles. The number of benzene rings is 1. The number of hydrogen-bond donors (Lipinski definition) is 2. The highest BCUT2D eigenvalue weighted by Crippen LogP contribution is 2.36. The number of aliphatic imine (C=N–C) groups is 1. The van der Waals surface area contributed by atoms with Gasteiger partial charge in [-0.3, -0.25) is 19.9 Å². The standard InChI is InChI=1S/C27H24F3N7O2S/c1-15-11-18-21(40-15)13-20(38)24(32-22(18)16-5-3-2-4-6-16)33-26-34-25(35-36-26)23-19(37-7-9-39-10-8-37)12-17(14-31-23)27(28,29)30/h2-6,11-12,14,24H,7-10,13H2,1H3,(H2,33,34,35,36). The van der Waals surface area contributed by atoms with Crippen LogP contribution in [0.3, 0.4) is 0 Å². The monoisotopic (exact) mass is 567 g/mol. The van der Waals surface area contributed by atoms with Crippen molar-refractivity contribution < 1.29 is 22.7 Å². The zero-order valence-electron chi connectivity index (χ0n) is 21.3. The van der Waals surface area contributed by atoms with E-state index >= 15 is 0 Å². The van der Waals surface area contributed by atoms with Crippen molar-refractivity contribution in [2.45, 2.75) is 25.7 Å². The van der Waals surface area contributed by atoms with E-state index in [-0.39, 0.29) is 35.4 Å². The third-order valence-corrected chi connectivity index (χ3v) is 7.71. The lowest BCUT2D eigenvalue weighted by Crippen LogP contribution is -2.36. The average Bonchev–Trinajstić information content (AvgIpc) is 3.54. The van der Waals surface area contributed by atoms with Crippen LogP contribution in [0.25, 0.3) is 11.5 Å². The number of Topliss-reactive ketones (excluding diaryl/α,β-unsaturated/α-hetero) is 1. The first kappa shape index (κ1) is 26.1. The van der Waals surface area contributed by atoms with Crippen LogP contribution >= 0.6 is 11.3 Å². The summed E-state index contributed by atoms with van der Waals surface area (Å²) in [4.78, 5) is 30.4. The minimum absolute atomic E-state index is 0.0839. The van der Waals surface area contributed by atoms with Gasteiger partial charge in [-0.1, -0.05) is 30.3 Å². The van der Waals surface area contributed by atoms with Gasteiger partial charge in [0.2, 0.25) is 5.95 Å². The Kier molecular flexibility index (Phi) is 6.84. The van der Waals surface area contributed by atoms with E-state index in [0.29, 0.717) is 32.0 Å². The van der Waals surface area contributed by atoms with Crippen molar-refractivity contribution in [2.24, 2.45) is 4.99 Å². The molecule has 0 spiro atoms. The quantitative estimate of drug-likeness (QED) is 0.366. The number of hydrogen-bond acceptors (Lipinski definition) is 9. The number of carbonyl (C=O) groups excluding carboxylic acids is 1. The molecule has 4 aromatic rings. The molecule has 1 aromatic carbocycles. The van der Waals surface area contributed by atoms with Crippen LogP contribution in [0.1, 0.15) is 26.4 Å². The molecule has 13 heteroatoms. The fourth-order valence-corrected chi connectivity index (χ4v) is 5.79. The molecular formula is C27H24F3N7O2S. The summed E-state index contributed by atoms with van der Waals surface area (Å²) in [6, 6.07) is 12.7. The molecule has 40 heavy (non-hydrogen) atoms. The molecule has 206 valence electrons. The normalized spacial score (nSPS) is 17.8. The highest BCUT2D eigenvalue weighted by Gasteiger charge is 2.33. The number of rotatable bonds is 5. The van der Waals surface area contributed by atoms with E-state index in [9.17, 15) is 18.0 Å². The third-order valence-electron chi connectivity index (χ3n) is 6.65. The van der Waals surface area contributed by atoms with Gasteiger partial charge in [-0.25, -0.2) is 0 Å². The van der Waals surface area contributed by atoms with Crippen LogP contribution in [0, 0.1) is 6.92 Å². The van der Waals surface area contributed by atoms with Gasteiger partial charge in [-0.2, -0.15) is 18.2 Å². The van der Waals surface area contributed by atoms with Gasteiger partial charge in [-0.15, -0.1) is 16.4 Å². The van der Waals surface area contributed by atoms with Crippen molar-refractivity contribution in [2.75, 3.05) is 36.5 Å². The first-order valence-electron chi connectivity index (χ1n) is 12.6. The molecule has 1 atom stereocenters. The lowest BCUT2D eigenvalue weighted by molar-refractivity contribution is -0.137. The van der Waals surface area contributed by atoms with E-state index in [4.69, 9.17) is 9.73 Å². The second-order valence-corrected chi connectivity index (χ2v) is 10.8. The maximum absolute atomic E-state index is 13.5. The number of H-pyrrole nitrogens is 1. The minimum Gasteiger partial charge on any atom is -0.378 e. The Morgan fingerprint density at radius 2 is 1.93 bits per heavy atom. The van der Waals surface area contributed by atoms with Crippen LogP contribution < -0.4 is 10.2 Å². The molecule has 9 nitrogen and oxygen atoms in total. The van der Waals surface area contributed by atoms with Gasteiger partial charge in [0.1, 0.15) is 5.69 Å². The van der Waals surface area contributed by atoms with Crippen LogP contribution in [0.5, 0.6) is 0 Å². The summed E-state index contributed by atoms with van der Waals surface area (Å²) < 4.78 is 45.8. The van der Waals surface area contributed by atoms with Crippen molar-refractivity contribution in [3.8, 4) is 11.5 Å². The van der Waals surface area contributed by atoms with Gasteiger partial charge in [0.15, 0.2) is 17.8 Å². The second kappa shape index (κ2) is 10.5. The summed E-state index contributed by atoms with van der Waals surface area (Å²) in [7, 11) is 0. The van der Waals surface area contributed by atoms with E-state index in [0.717, 1.165) is 33.1 Å². The van der Waals surface area contributed by atoms with Crippen molar-refractivity contribution in [3.05, 3.63) is 75.1 Å². The number of carbonyl (C=O) groups is 1. The molecule has 0 bridgehead atoms. The smallest absolute Gasteiger partial charge is 0.378 e. The Labute approximate surface area is 231 Å². The SMILES string of the molecule is Cc1cc2c(s1)CC(=O)C(Nc1n[nH]c(-c3ncc(C(F)(F)F)cc3N3CCOCC3)n1)N=C2c1ccccc1. The topological polar surface area (TPSA) is 108 Å². The first-order chi connectivity index (χ1) is 19.3. The number of ketones is 1. The number of aromatic nitrogens is 4. The van der Waals surface area contributed by atoms with Crippen LogP contribution in [0.2, 0.25) is 0 Å². The number of aryl methyl sites for hydroxylation is 1. The van der Waals surface area contributed by atoms with Gasteiger partial charge in [0.25, 0.3) is 0 Å². The van der Waals surface area contributed by atoms with Gasteiger partial charge in [0, 0.05) is 46.6 Å². The summed E-state index contributed by atoms with van der Waals surface area (Å²) in [5.74, 6) is 0.100. The molecule has 1 unspecified atom stereocenters. The van der Waals surface area contributed by atoms with Gasteiger partial charge >= 0.3 is 6.18 Å². The van der Waals surface area contributed by atoms with Crippen LogP contribution in [-0.4, -0.2) is 64.1 Å². The molecule has 1 saturated heterocycles. The molecule has 0 aliphatic carbocycles. The van der Waals surface area contributed by atoms with Gasteiger partial charge in [-0.05, 0) is 19.1 Å². The van der Waals surface area contributed by atoms with Gasteiger partial charge in [0.05, 0.1) is 30.2 Å². The lowest BCUT2D eigenvalue weighted by Gasteiger charge is -2.30. The largest absolute Gasteiger partial charge is 0.417 e. The maximum Gasteiger partial charge on any atom is 0.417 e. The molecule has 0 saturated carbocycles. The number of halogens is 3. The van der Waals surface area contributed by atoms with E-state index in [2.05, 4.69) is 25.5 Å². The summed E-state index contributed by atoms with van der Waals surface area (Å²) >= 11 is 1.56. The van der Waals surface area contributed by atoms with Crippen molar-refractivity contribution in [3.63, 3.8) is 0 Å². The average molecular weight is 568 g/mol. The zero-order valence-corrected chi connectivity index (χ0v) is 22.1. The molecular weight excluding hydrogens is 543 g/mol. The minimum atomic E-state index is -4.55. The third kappa shape index (κ3) is 5.21. The molecule has 2 aliphatic heterocycles. The first-order valence-corrected chi connectivity index (χ1v) is 13.4. The Morgan fingerprint density at radius 1 is 1.15 bits per heavy atom. The van der Waals surface area contributed by atoms with Crippen LogP contribution in [0.15, 0.2) is 53.7 Å². The van der Waals surface area contributed by atoms with E-state index < -0.39 is 17.9 Å². The molecule has 3 aromatic heterocycles. The number of anilines is 2. The number of ether oxygens (including phenoxy) is 1. The highest BCUT2D eigenvalue weighted by atomic mass is 32.1. The Bertz CT molecular complexity index is 1580. The Hall–Kier alpha value is -4.10. The highest BCUT2D eigenvalue weighted by molar-refractivity contribution is 7.12. The predicted molar refractivity (Wildman–Crippen MR) is 145 cm³/mol. The second-order valence-electron chi connectivity index (χ2n) is 9.42. The van der Waals surface area contributed by atoms with Crippen molar-refractivity contribution >= 4 is 34.5 Å². The molecule has 2 N–H and O–H groups in total. The van der Waals surface area contributed by atoms with E-state index in [1.807, 2.05) is 43.3 Å². The van der Waals surface area contributed by atoms with E-state index in [1.165, 1.54) is 0 Å². The number of alkyl halides is 3. The summed E-state index contributed by atoms with van der Waals surface area (Å²) in [5, 5.41) is 9.95. The number of morpholine rings is 1. The van der Waals surface area contributed by atoms with Gasteiger partial charge < -0.3 is 15.0 Å². The van der Waals surface area contributed by atoms with Crippen LogP contribution in [0.4, 0.5) is 24.8 Å². The number of thiophene rings is 1. The number of nitrogens with zero attached hydrogens (tertiary/aromatic N) is 5. The maximum atomic E-state index is 13.5. The van der Waals surface area contributed by atoms with Crippen molar-refractivity contribution in [1.29, 1.82) is 0 Å². The summed E-state index contributed by atoms with van der Waals surface area (Å²) in [6.07, 6.45) is -4.53. The molecule has 0 radical (unpaired) electrons. The summed E-state index contributed by atoms with van der Waals surface area (Å²) in [5.41, 5.74) is 2.13. The zero-order chi connectivity index (χ0) is 27.9. The summed E-state index contributed by atoms with van der Waals surface area (Å²) in [6.45, 7) is 3.58.